The molecule has 0 bridgehead atoms. The smallest absolute Gasteiger partial charge is 0.337 e. The molecule has 1 aliphatic heterocycles. The highest BCUT2D eigenvalue weighted by Crippen LogP contribution is 2.16. The first-order chi connectivity index (χ1) is 7.65. The van der Waals surface area contributed by atoms with Crippen molar-refractivity contribution in [3.8, 4) is 5.75 Å². The second kappa shape index (κ2) is 4.35. The van der Waals surface area contributed by atoms with Gasteiger partial charge in [0.15, 0.2) is 0 Å². The zero-order valence-corrected chi connectivity index (χ0v) is 8.77. The lowest BCUT2D eigenvalue weighted by Gasteiger charge is -2.04. The van der Waals surface area contributed by atoms with Crippen molar-refractivity contribution < 1.29 is 18.7 Å². The van der Waals surface area contributed by atoms with E-state index in [1.807, 2.05) is 0 Å². The molecule has 0 fully saturated rings. The zero-order chi connectivity index (χ0) is 11.5. The Labute approximate surface area is 92.5 Å². The van der Waals surface area contributed by atoms with Crippen molar-refractivity contribution >= 4 is 5.97 Å². The van der Waals surface area contributed by atoms with Crippen molar-refractivity contribution in [2.75, 3.05) is 6.61 Å². The average Bonchev–Trinajstić information content (AvgIpc) is 2.57. The van der Waals surface area contributed by atoms with Crippen LogP contribution in [0.3, 0.4) is 0 Å². The normalized spacial score (nSPS) is 19.2. The van der Waals surface area contributed by atoms with Crippen molar-refractivity contribution in [3.63, 3.8) is 0 Å². The summed E-state index contributed by atoms with van der Waals surface area (Å²) in [5, 5.41) is 0. The summed E-state index contributed by atoms with van der Waals surface area (Å²) >= 11 is 0. The molecule has 0 N–H and O–H groups in total. The van der Waals surface area contributed by atoms with Gasteiger partial charge < -0.3 is 9.47 Å². The maximum Gasteiger partial charge on any atom is 0.337 e. The summed E-state index contributed by atoms with van der Waals surface area (Å²) < 4.78 is 22.8. The van der Waals surface area contributed by atoms with E-state index in [0.29, 0.717) is 11.3 Å². The van der Waals surface area contributed by atoms with E-state index in [0.717, 1.165) is 0 Å². The predicted octanol–water partition coefficient (Wildman–Crippen LogP) is 2.08. The lowest BCUT2D eigenvalue weighted by Crippen LogP contribution is -2.09. The molecule has 0 spiro atoms. The summed E-state index contributed by atoms with van der Waals surface area (Å²) in [5.74, 6) is -0.148. The molecule has 4 heteroatoms. The number of halogens is 1. The van der Waals surface area contributed by atoms with Gasteiger partial charge >= 0.3 is 5.97 Å². The maximum absolute atomic E-state index is 12.6. The summed E-state index contributed by atoms with van der Waals surface area (Å²) in [6.07, 6.45) is 1.52. The minimum atomic E-state index is -0.352. The number of esters is 1. The van der Waals surface area contributed by atoms with E-state index >= 15 is 0 Å². The van der Waals surface area contributed by atoms with Gasteiger partial charge in [0, 0.05) is 0 Å². The van der Waals surface area contributed by atoms with Crippen molar-refractivity contribution in [3.05, 3.63) is 41.7 Å². The molecule has 1 unspecified atom stereocenters. The second-order valence-electron chi connectivity index (χ2n) is 3.54. The van der Waals surface area contributed by atoms with Gasteiger partial charge in [-0.15, -0.1) is 0 Å². The first-order valence-corrected chi connectivity index (χ1v) is 4.95. The quantitative estimate of drug-likeness (QED) is 0.734. The molecular formula is C12H11FO3. The molecule has 0 radical (unpaired) electrons. The third-order valence-electron chi connectivity index (χ3n) is 2.20. The van der Waals surface area contributed by atoms with Gasteiger partial charge in [0.25, 0.3) is 0 Å². The van der Waals surface area contributed by atoms with E-state index in [-0.39, 0.29) is 24.5 Å². The van der Waals surface area contributed by atoms with E-state index < -0.39 is 0 Å². The number of hydrogen-bond acceptors (Lipinski definition) is 3. The van der Waals surface area contributed by atoms with Crippen molar-refractivity contribution in [1.29, 1.82) is 0 Å². The first-order valence-electron chi connectivity index (χ1n) is 4.95. The fourth-order valence-corrected chi connectivity index (χ4v) is 1.43. The molecule has 0 aromatic heterocycles. The summed E-state index contributed by atoms with van der Waals surface area (Å²) in [4.78, 5) is 11.2. The SMILES string of the molecule is CC1C=C(COc2ccc(F)cc2)C(=O)O1. The van der Waals surface area contributed by atoms with Crippen LogP contribution in [0.15, 0.2) is 35.9 Å². The predicted molar refractivity (Wildman–Crippen MR) is 55.5 cm³/mol. The van der Waals surface area contributed by atoms with Crippen LogP contribution in [-0.4, -0.2) is 18.7 Å². The Morgan fingerprint density at radius 2 is 2.06 bits per heavy atom. The number of rotatable bonds is 3. The zero-order valence-electron chi connectivity index (χ0n) is 8.77. The van der Waals surface area contributed by atoms with Gasteiger partial charge in [-0.3, -0.25) is 0 Å². The van der Waals surface area contributed by atoms with Gasteiger partial charge in [-0.25, -0.2) is 9.18 Å². The average molecular weight is 222 g/mol. The fourth-order valence-electron chi connectivity index (χ4n) is 1.43. The van der Waals surface area contributed by atoms with Gasteiger partial charge in [-0.1, -0.05) is 0 Å². The highest BCUT2D eigenvalue weighted by Gasteiger charge is 2.22. The van der Waals surface area contributed by atoms with E-state index in [2.05, 4.69) is 0 Å². The summed E-state index contributed by atoms with van der Waals surface area (Å²) in [6, 6.07) is 5.64. The molecule has 3 nitrogen and oxygen atoms in total. The Morgan fingerprint density at radius 3 is 2.62 bits per heavy atom. The van der Waals surface area contributed by atoms with E-state index in [9.17, 15) is 9.18 Å². The number of carbonyl (C=O) groups excluding carboxylic acids is 1. The van der Waals surface area contributed by atoms with Gasteiger partial charge in [-0.05, 0) is 37.3 Å². The number of hydrogen-bond donors (Lipinski definition) is 0. The lowest BCUT2D eigenvalue weighted by atomic mass is 10.2. The van der Waals surface area contributed by atoms with Crippen molar-refractivity contribution in [2.45, 2.75) is 13.0 Å². The van der Waals surface area contributed by atoms with Crippen LogP contribution in [0, 0.1) is 5.82 Å². The van der Waals surface area contributed by atoms with Crippen molar-refractivity contribution in [1.82, 2.24) is 0 Å². The highest BCUT2D eigenvalue weighted by molar-refractivity contribution is 5.91. The van der Waals surface area contributed by atoms with Gasteiger partial charge in [0.1, 0.15) is 24.3 Å². The van der Waals surface area contributed by atoms with Crippen LogP contribution in [0.4, 0.5) is 4.39 Å². The first kappa shape index (κ1) is 10.7. The van der Waals surface area contributed by atoms with Crippen LogP contribution in [-0.2, 0) is 9.53 Å². The van der Waals surface area contributed by atoms with Crippen LogP contribution in [0.25, 0.3) is 0 Å². The van der Waals surface area contributed by atoms with Gasteiger partial charge in [0.2, 0.25) is 0 Å². The Hall–Kier alpha value is -1.84. The highest BCUT2D eigenvalue weighted by atomic mass is 19.1. The van der Waals surface area contributed by atoms with Crippen LogP contribution in [0.1, 0.15) is 6.92 Å². The van der Waals surface area contributed by atoms with Crippen LogP contribution < -0.4 is 4.74 Å². The van der Waals surface area contributed by atoms with E-state index in [4.69, 9.17) is 9.47 Å². The largest absolute Gasteiger partial charge is 0.489 e. The minimum absolute atomic E-state index is 0.148. The molecule has 1 aromatic carbocycles. The lowest BCUT2D eigenvalue weighted by molar-refractivity contribution is -0.139. The molecule has 1 atom stereocenters. The van der Waals surface area contributed by atoms with Crippen LogP contribution in [0.2, 0.25) is 0 Å². The molecule has 84 valence electrons. The Morgan fingerprint density at radius 1 is 1.38 bits per heavy atom. The molecular weight excluding hydrogens is 211 g/mol. The Bertz CT molecular complexity index is 422. The molecule has 0 saturated heterocycles. The minimum Gasteiger partial charge on any atom is -0.489 e. The molecule has 16 heavy (non-hydrogen) atoms. The van der Waals surface area contributed by atoms with E-state index in [1.54, 1.807) is 13.0 Å². The van der Waals surface area contributed by atoms with Crippen molar-refractivity contribution in [2.24, 2.45) is 0 Å². The second-order valence-corrected chi connectivity index (χ2v) is 3.54. The Balaban J connectivity index is 1.95. The van der Waals surface area contributed by atoms with Gasteiger partial charge in [0.05, 0.1) is 5.57 Å². The van der Waals surface area contributed by atoms with Crippen LogP contribution >= 0.6 is 0 Å². The number of carbonyl (C=O) groups is 1. The third kappa shape index (κ3) is 2.39. The van der Waals surface area contributed by atoms with Gasteiger partial charge in [-0.2, -0.15) is 0 Å². The molecule has 1 aromatic rings. The monoisotopic (exact) mass is 222 g/mol. The molecule has 1 heterocycles. The maximum atomic E-state index is 12.6. The fraction of sp³-hybridized carbons (Fsp3) is 0.250. The third-order valence-corrected chi connectivity index (χ3v) is 2.20. The van der Waals surface area contributed by atoms with Crippen LogP contribution in [0.5, 0.6) is 5.75 Å². The summed E-state index contributed by atoms with van der Waals surface area (Å²) in [5.41, 5.74) is 0.497. The van der Waals surface area contributed by atoms with E-state index in [1.165, 1.54) is 24.3 Å². The molecule has 0 aliphatic carbocycles. The topological polar surface area (TPSA) is 35.5 Å². The Kier molecular flexibility index (Phi) is 2.90. The number of benzene rings is 1. The molecule has 0 amide bonds. The number of ether oxygens (including phenoxy) is 2. The molecule has 2 rings (SSSR count). The molecule has 0 saturated carbocycles. The number of cyclic esters (lactones) is 1. The summed E-state index contributed by atoms with van der Waals surface area (Å²) in [6.45, 7) is 1.93. The molecule has 1 aliphatic rings. The standard InChI is InChI=1S/C12H11FO3/c1-8-6-9(12(14)16-8)7-15-11-4-2-10(13)3-5-11/h2-6,8H,7H2,1H3. The summed E-state index contributed by atoms with van der Waals surface area (Å²) in [7, 11) is 0.